The van der Waals surface area contributed by atoms with E-state index in [1.165, 1.54) is 0 Å². The molecule has 0 spiro atoms. The zero-order chi connectivity index (χ0) is 20.0. The minimum atomic E-state index is -0.00176. The maximum absolute atomic E-state index is 13.1. The highest BCUT2D eigenvalue weighted by Gasteiger charge is 2.40. The maximum atomic E-state index is 13.1. The predicted octanol–water partition coefficient (Wildman–Crippen LogP) is 1.71. The Kier molecular flexibility index (Phi) is 4.60. The molecule has 7 nitrogen and oxygen atoms in total. The molecule has 4 heterocycles. The van der Waals surface area contributed by atoms with Gasteiger partial charge in [-0.3, -0.25) is 19.0 Å². The summed E-state index contributed by atoms with van der Waals surface area (Å²) in [7, 11) is 0. The van der Waals surface area contributed by atoms with Crippen LogP contribution in [0.1, 0.15) is 44.3 Å². The SMILES string of the molecule is O=C1CCCN1CCCC(=O)N1C2CCC1Cn1c(nc3ccccc3c1=O)C2. The first kappa shape index (κ1) is 18.3. The summed E-state index contributed by atoms with van der Waals surface area (Å²) in [4.78, 5) is 46.5. The summed E-state index contributed by atoms with van der Waals surface area (Å²) in [6.07, 6.45) is 5.25. The lowest BCUT2D eigenvalue weighted by Crippen LogP contribution is -2.42. The lowest BCUT2D eigenvalue weighted by atomic mass is 10.1. The second kappa shape index (κ2) is 7.28. The molecule has 2 unspecified atom stereocenters. The zero-order valence-corrected chi connectivity index (χ0v) is 16.5. The quantitative estimate of drug-likeness (QED) is 0.791. The molecule has 3 aliphatic heterocycles. The van der Waals surface area contributed by atoms with Gasteiger partial charge in [-0.1, -0.05) is 12.1 Å². The molecule has 2 saturated heterocycles. The number of nitrogens with zero attached hydrogens (tertiary/aromatic N) is 4. The molecule has 0 aliphatic carbocycles. The smallest absolute Gasteiger partial charge is 0.261 e. The Balaban J connectivity index is 1.33. The molecule has 152 valence electrons. The van der Waals surface area contributed by atoms with Crippen LogP contribution >= 0.6 is 0 Å². The zero-order valence-electron chi connectivity index (χ0n) is 16.5. The number of benzene rings is 1. The van der Waals surface area contributed by atoms with Crippen LogP contribution in [0.4, 0.5) is 0 Å². The molecule has 2 aromatic rings. The fourth-order valence-corrected chi connectivity index (χ4v) is 5.22. The van der Waals surface area contributed by atoms with Crippen LogP contribution in [0.25, 0.3) is 10.9 Å². The standard InChI is InChI=1S/C22H26N4O3/c27-20-7-3-11-24(20)12-4-8-21(28)26-15-9-10-16(26)14-25-19(13-15)23-18-6-2-1-5-17(18)22(25)29/h1-2,5-6,15-16H,3-4,7-14H2. The lowest BCUT2D eigenvalue weighted by molar-refractivity contribution is -0.135. The number of rotatable bonds is 4. The first-order valence-electron chi connectivity index (χ1n) is 10.7. The molecule has 2 amide bonds. The molecular weight excluding hydrogens is 368 g/mol. The number of fused-ring (bicyclic) bond motifs is 4. The topological polar surface area (TPSA) is 75.5 Å². The Morgan fingerprint density at radius 1 is 1.14 bits per heavy atom. The summed E-state index contributed by atoms with van der Waals surface area (Å²) in [6, 6.07) is 7.63. The summed E-state index contributed by atoms with van der Waals surface area (Å²) in [5.41, 5.74) is 0.729. The van der Waals surface area contributed by atoms with Crippen LogP contribution in [0.15, 0.2) is 29.1 Å². The van der Waals surface area contributed by atoms with Crippen molar-refractivity contribution < 1.29 is 9.59 Å². The van der Waals surface area contributed by atoms with Crippen molar-refractivity contribution >= 4 is 22.7 Å². The van der Waals surface area contributed by atoms with E-state index in [9.17, 15) is 14.4 Å². The van der Waals surface area contributed by atoms with Gasteiger partial charge in [-0.25, -0.2) is 4.98 Å². The van der Waals surface area contributed by atoms with Crippen molar-refractivity contribution in [3.63, 3.8) is 0 Å². The highest BCUT2D eigenvalue weighted by molar-refractivity contribution is 5.79. The Morgan fingerprint density at radius 2 is 1.97 bits per heavy atom. The van der Waals surface area contributed by atoms with Gasteiger partial charge in [-0.2, -0.15) is 0 Å². The van der Waals surface area contributed by atoms with Crippen molar-refractivity contribution in [3.8, 4) is 0 Å². The number of para-hydroxylation sites is 1. The molecule has 1 aromatic heterocycles. The first-order chi connectivity index (χ1) is 14.1. The number of hydrogen-bond donors (Lipinski definition) is 0. The van der Waals surface area contributed by atoms with E-state index in [-0.39, 0.29) is 29.5 Å². The van der Waals surface area contributed by atoms with E-state index in [0.717, 1.165) is 37.1 Å². The first-order valence-corrected chi connectivity index (χ1v) is 10.7. The predicted molar refractivity (Wildman–Crippen MR) is 108 cm³/mol. The van der Waals surface area contributed by atoms with E-state index in [1.54, 1.807) is 4.57 Å². The molecule has 0 saturated carbocycles. The monoisotopic (exact) mass is 394 g/mol. The van der Waals surface area contributed by atoms with Crippen molar-refractivity contribution in [3.05, 3.63) is 40.4 Å². The van der Waals surface area contributed by atoms with Gasteiger partial charge in [0.1, 0.15) is 5.82 Å². The molecule has 2 bridgehead atoms. The molecule has 2 atom stereocenters. The fourth-order valence-electron chi connectivity index (χ4n) is 5.22. The Hall–Kier alpha value is -2.70. The summed E-state index contributed by atoms with van der Waals surface area (Å²) in [5.74, 6) is 1.15. The second-order valence-electron chi connectivity index (χ2n) is 8.44. The van der Waals surface area contributed by atoms with E-state index in [4.69, 9.17) is 4.98 Å². The molecule has 0 radical (unpaired) electrons. The highest BCUT2D eigenvalue weighted by Crippen LogP contribution is 2.31. The molecule has 1 aromatic carbocycles. The van der Waals surface area contributed by atoms with Crippen LogP contribution in [-0.2, 0) is 22.6 Å². The van der Waals surface area contributed by atoms with E-state index in [0.29, 0.717) is 44.2 Å². The Morgan fingerprint density at radius 3 is 2.79 bits per heavy atom. The van der Waals surface area contributed by atoms with Crippen LogP contribution in [0.2, 0.25) is 0 Å². The van der Waals surface area contributed by atoms with Crippen molar-refractivity contribution in [1.29, 1.82) is 0 Å². The maximum Gasteiger partial charge on any atom is 0.261 e. The van der Waals surface area contributed by atoms with Gasteiger partial charge in [-0.05, 0) is 37.8 Å². The summed E-state index contributed by atoms with van der Waals surface area (Å²) < 4.78 is 1.79. The van der Waals surface area contributed by atoms with E-state index >= 15 is 0 Å². The van der Waals surface area contributed by atoms with Crippen LogP contribution in [-0.4, -0.2) is 56.3 Å². The van der Waals surface area contributed by atoms with Crippen LogP contribution in [0.5, 0.6) is 0 Å². The number of carbonyl (C=O) groups excluding carboxylic acids is 2. The third-order valence-corrected chi connectivity index (χ3v) is 6.65. The van der Waals surface area contributed by atoms with E-state index < -0.39 is 0 Å². The van der Waals surface area contributed by atoms with Gasteiger partial charge in [0.05, 0.1) is 16.9 Å². The van der Waals surface area contributed by atoms with Gasteiger partial charge in [0.15, 0.2) is 0 Å². The van der Waals surface area contributed by atoms with Gasteiger partial charge >= 0.3 is 0 Å². The van der Waals surface area contributed by atoms with E-state index in [1.807, 2.05) is 34.1 Å². The normalized spacial score (nSPS) is 23.5. The highest BCUT2D eigenvalue weighted by atomic mass is 16.2. The third-order valence-electron chi connectivity index (χ3n) is 6.65. The minimum Gasteiger partial charge on any atom is -0.343 e. The molecule has 7 heteroatoms. The molecule has 5 rings (SSSR count). The minimum absolute atomic E-state index is 0.00176. The van der Waals surface area contributed by atoms with Crippen molar-refractivity contribution in [2.24, 2.45) is 0 Å². The van der Waals surface area contributed by atoms with E-state index in [2.05, 4.69) is 0 Å². The number of aromatic nitrogens is 2. The number of amides is 2. The summed E-state index contributed by atoms with van der Waals surface area (Å²) in [5, 5.41) is 0.641. The average molecular weight is 394 g/mol. The Labute approximate surface area is 169 Å². The van der Waals surface area contributed by atoms with Gasteiger partial charge in [0.2, 0.25) is 11.8 Å². The van der Waals surface area contributed by atoms with Crippen LogP contribution < -0.4 is 5.56 Å². The lowest BCUT2D eigenvalue weighted by Gasteiger charge is -2.28. The van der Waals surface area contributed by atoms with Gasteiger partial charge in [-0.15, -0.1) is 0 Å². The summed E-state index contributed by atoms with van der Waals surface area (Å²) >= 11 is 0. The molecule has 2 fully saturated rings. The number of hydrogen-bond acceptors (Lipinski definition) is 4. The number of likely N-dealkylation sites (tertiary alicyclic amines) is 1. The fraction of sp³-hybridized carbons (Fsp3) is 0.545. The molecular formula is C22H26N4O3. The summed E-state index contributed by atoms with van der Waals surface area (Å²) in [6.45, 7) is 2.01. The van der Waals surface area contributed by atoms with Crippen LogP contribution in [0, 0.1) is 0 Å². The average Bonchev–Trinajstić information content (AvgIpc) is 3.25. The van der Waals surface area contributed by atoms with Gasteiger partial charge < -0.3 is 9.80 Å². The molecule has 0 N–H and O–H groups in total. The largest absolute Gasteiger partial charge is 0.343 e. The van der Waals surface area contributed by atoms with Crippen LogP contribution in [0.3, 0.4) is 0 Å². The number of carbonyl (C=O) groups is 2. The van der Waals surface area contributed by atoms with Gasteiger partial charge in [0, 0.05) is 44.9 Å². The third kappa shape index (κ3) is 3.22. The second-order valence-corrected chi connectivity index (χ2v) is 8.44. The van der Waals surface area contributed by atoms with Crippen molar-refractivity contribution in [2.45, 2.75) is 63.6 Å². The molecule has 3 aliphatic rings. The van der Waals surface area contributed by atoms with Crippen molar-refractivity contribution in [1.82, 2.24) is 19.4 Å². The molecule has 29 heavy (non-hydrogen) atoms. The van der Waals surface area contributed by atoms with Gasteiger partial charge in [0.25, 0.3) is 5.56 Å². The van der Waals surface area contributed by atoms with Crippen molar-refractivity contribution in [2.75, 3.05) is 13.1 Å². The Bertz CT molecular complexity index is 1030.